The van der Waals surface area contributed by atoms with Gasteiger partial charge in [0, 0.05) is 52.1 Å². The molecule has 13 unspecified atom stereocenters. The van der Waals surface area contributed by atoms with Gasteiger partial charge in [-0.1, -0.05) is 45.1 Å². The molecule has 55 heavy (non-hydrogen) atoms. The third-order valence-corrected chi connectivity index (χ3v) is 10.4. The maximum atomic E-state index is 13.6. The molecule has 0 N–H and O–H groups in total. The molecule has 0 aromatic heterocycles. The zero-order valence-corrected chi connectivity index (χ0v) is 36.3. The quantitative estimate of drug-likeness (QED) is 0.0347. The molecule has 12 nitrogen and oxygen atoms in total. The average Bonchev–Trinajstić information content (AvgIpc) is 3.87. The molecule has 0 aliphatic carbocycles. The zero-order chi connectivity index (χ0) is 41.3. The number of carbonyl (C=O) groups excluding carboxylic acids is 2. The van der Waals surface area contributed by atoms with Crippen LogP contribution in [0.5, 0.6) is 0 Å². The van der Waals surface area contributed by atoms with Gasteiger partial charge >= 0.3 is 11.9 Å². The van der Waals surface area contributed by atoms with Gasteiger partial charge in [-0.05, 0) is 93.2 Å². The molecular weight excluding hydrogens is 708 g/mol. The van der Waals surface area contributed by atoms with Gasteiger partial charge in [0.1, 0.15) is 17.8 Å². The molecular formula is C43H74O12. The molecule has 0 saturated carbocycles. The summed E-state index contributed by atoms with van der Waals surface area (Å²) in [6, 6.07) is 0. The first-order chi connectivity index (χ1) is 25.9. The van der Waals surface area contributed by atoms with Crippen LogP contribution in [0.4, 0.5) is 0 Å². The van der Waals surface area contributed by atoms with E-state index in [0.717, 1.165) is 12.0 Å². The van der Waals surface area contributed by atoms with Gasteiger partial charge in [-0.3, -0.25) is 9.59 Å². The van der Waals surface area contributed by atoms with Crippen molar-refractivity contribution in [3.05, 3.63) is 36.0 Å². The number of rotatable bonds is 22. The van der Waals surface area contributed by atoms with E-state index in [0.29, 0.717) is 39.1 Å². The third-order valence-electron chi connectivity index (χ3n) is 10.4. The van der Waals surface area contributed by atoms with Gasteiger partial charge in [-0.2, -0.15) is 0 Å². The molecule has 0 bridgehead atoms. The Morgan fingerprint density at radius 2 is 1.64 bits per heavy atom. The van der Waals surface area contributed by atoms with Crippen LogP contribution in [0.25, 0.3) is 0 Å². The molecule has 2 aliphatic heterocycles. The summed E-state index contributed by atoms with van der Waals surface area (Å²) in [5.74, 6) is -0.925. The van der Waals surface area contributed by atoms with Crippen molar-refractivity contribution in [3.63, 3.8) is 0 Å². The van der Waals surface area contributed by atoms with Crippen molar-refractivity contribution in [2.45, 2.75) is 189 Å². The van der Waals surface area contributed by atoms with Gasteiger partial charge in [-0.25, -0.2) is 0 Å². The van der Waals surface area contributed by atoms with Crippen molar-refractivity contribution in [2.24, 2.45) is 11.8 Å². The van der Waals surface area contributed by atoms with Crippen molar-refractivity contribution in [1.82, 2.24) is 0 Å². The van der Waals surface area contributed by atoms with Crippen LogP contribution in [0, 0.1) is 11.8 Å². The first kappa shape index (κ1) is 49.0. The van der Waals surface area contributed by atoms with Crippen LogP contribution in [-0.2, 0) is 57.0 Å². The van der Waals surface area contributed by atoms with Crippen LogP contribution in [0.2, 0.25) is 0 Å². The topological polar surface area (TPSA) is 130 Å². The molecule has 1 fully saturated rings. The van der Waals surface area contributed by atoms with Gasteiger partial charge in [0.15, 0.2) is 18.9 Å². The van der Waals surface area contributed by atoms with Gasteiger partial charge in [0.05, 0.1) is 36.4 Å². The lowest BCUT2D eigenvalue weighted by atomic mass is 9.88. The Bertz CT molecular complexity index is 1240. The maximum Gasteiger partial charge on any atom is 0.309 e. The van der Waals surface area contributed by atoms with E-state index in [2.05, 4.69) is 13.8 Å². The highest BCUT2D eigenvalue weighted by molar-refractivity contribution is 5.70. The summed E-state index contributed by atoms with van der Waals surface area (Å²) in [5, 5.41) is 0. The van der Waals surface area contributed by atoms with Crippen molar-refractivity contribution >= 4 is 11.9 Å². The number of carbonyl (C=O) groups is 2. The second-order valence-electron chi connectivity index (χ2n) is 15.3. The first-order valence-electron chi connectivity index (χ1n) is 20.4. The average molecular weight is 783 g/mol. The van der Waals surface area contributed by atoms with Crippen LogP contribution in [0.1, 0.15) is 122 Å². The van der Waals surface area contributed by atoms with Crippen LogP contribution in [0.3, 0.4) is 0 Å². The first-order valence-corrected chi connectivity index (χ1v) is 20.4. The van der Waals surface area contributed by atoms with Crippen LogP contribution in [-0.4, -0.2) is 106 Å². The number of methoxy groups -OCH3 is 1. The Hall–Kier alpha value is -2.16. The second-order valence-corrected chi connectivity index (χ2v) is 15.3. The fourth-order valence-corrected chi connectivity index (χ4v) is 7.29. The summed E-state index contributed by atoms with van der Waals surface area (Å²) in [7, 11) is 1.60. The Morgan fingerprint density at radius 1 is 1.00 bits per heavy atom. The smallest absolute Gasteiger partial charge is 0.309 e. The predicted molar refractivity (Wildman–Crippen MR) is 211 cm³/mol. The van der Waals surface area contributed by atoms with E-state index in [4.69, 9.17) is 47.4 Å². The van der Waals surface area contributed by atoms with Crippen LogP contribution in [0.15, 0.2) is 36.0 Å². The van der Waals surface area contributed by atoms with Crippen LogP contribution < -0.4 is 0 Å². The highest BCUT2D eigenvalue weighted by Crippen LogP contribution is 2.40. The van der Waals surface area contributed by atoms with Crippen LogP contribution >= 0.6 is 0 Å². The monoisotopic (exact) mass is 783 g/mol. The predicted octanol–water partition coefficient (Wildman–Crippen LogP) is 8.01. The highest BCUT2D eigenvalue weighted by Gasteiger charge is 2.49. The fourth-order valence-electron chi connectivity index (χ4n) is 7.29. The fraction of sp³-hybridized carbons (Fsp3) is 0.814. The molecule has 13 atom stereocenters. The Labute approximate surface area is 331 Å². The van der Waals surface area contributed by atoms with Gasteiger partial charge < -0.3 is 47.4 Å². The lowest BCUT2D eigenvalue weighted by molar-refractivity contribution is -0.181. The van der Waals surface area contributed by atoms with E-state index >= 15 is 0 Å². The van der Waals surface area contributed by atoms with E-state index in [9.17, 15) is 9.59 Å². The molecule has 0 aromatic rings. The van der Waals surface area contributed by atoms with E-state index in [1.54, 1.807) is 14.0 Å². The molecule has 12 heteroatoms. The van der Waals surface area contributed by atoms with Crippen molar-refractivity contribution in [2.75, 3.05) is 26.9 Å². The molecule has 0 amide bonds. The lowest BCUT2D eigenvalue weighted by Crippen LogP contribution is -2.44. The number of hydrogen-bond acceptors (Lipinski definition) is 12. The number of cyclic esters (lactones) is 1. The molecule has 318 valence electrons. The Morgan fingerprint density at radius 3 is 2.24 bits per heavy atom. The van der Waals surface area contributed by atoms with Crippen molar-refractivity contribution in [1.29, 1.82) is 0 Å². The SMILES string of the molecule is CCOC(C)OC1CCC(C)(OC)C(OC(C)=O)/C=C/C(C)C(/C(C)=C/C=C/C(C)(CC2OC2C(C)C(CC)OC(C)OCC)OC(C)OCC)OC(=O)C1. The minimum absolute atomic E-state index is 0.000596. The highest BCUT2D eigenvalue weighted by atomic mass is 16.7. The molecule has 2 heterocycles. The Kier molecular flexibility index (Phi) is 21.3. The number of esters is 2. The minimum Gasteiger partial charge on any atom is -0.457 e. The zero-order valence-electron chi connectivity index (χ0n) is 36.3. The molecule has 2 aliphatic rings. The number of epoxide rings is 1. The minimum atomic E-state index is -0.873. The molecule has 2 rings (SSSR count). The summed E-state index contributed by atoms with van der Waals surface area (Å²) in [4.78, 5) is 25.8. The summed E-state index contributed by atoms with van der Waals surface area (Å²) in [5.41, 5.74) is -0.787. The number of ether oxygens (including phenoxy) is 10. The number of allylic oxidation sites excluding steroid dienone is 2. The molecule has 0 aromatic carbocycles. The standard InChI is InChI=1S/C43H74O12/c1-15-36(52-33(10)48-17-3)30(7)41-37(53-41)27-42(12,55-34(11)49-18-4)24-19-20-28(5)40-29(6)21-22-38(50-31(8)44)43(13,46-14)25-23-35(26-39(45)54-40)51-32(9)47-16-2/h19-22,24,29-30,32-38,40-41H,15-18,23,25-27H2,1-14H3/b22-21+,24-19+,28-20+. The summed E-state index contributed by atoms with van der Waals surface area (Å²) < 4.78 is 60.1. The third kappa shape index (κ3) is 16.7. The van der Waals surface area contributed by atoms with E-state index < -0.39 is 48.1 Å². The van der Waals surface area contributed by atoms with Gasteiger partial charge in [-0.15, -0.1) is 0 Å². The van der Waals surface area contributed by atoms with E-state index in [1.165, 1.54) is 6.92 Å². The second kappa shape index (κ2) is 23.9. The summed E-state index contributed by atoms with van der Waals surface area (Å²) >= 11 is 0. The normalized spacial score (nSPS) is 31.2. The van der Waals surface area contributed by atoms with Crippen molar-refractivity contribution in [3.8, 4) is 0 Å². The maximum absolute atomic E-state index is 13.6. The largest absolute Gasteiger partial charge is 0.457 e. The summed E-state index contributed by atoms with van der Waals surface area (Å²) in [6.07, 6.45) is 8.94. The molecule has 0 radical (unpaired) electrons. The molecule has 1 saturated heterocycles. The van der Waals surface area contributed by atoms with Gasteiger partial charge in [0.2, 0.25) is 0 Å². The number of hydrogen-bond donors (Lipinski definition) is 0. The van der Waals surface area contributed by atoms with E-state index in [-0.39, 0.29) is 48.8 Å². The summed E-state index contributed by atoms with van der Waals surface area (Å²) in [6.45, 7) is 26.5. The van der Waals surface area contributed by atoms with E-state index in [1.807, 2.05) is 92.7 Å². The molecule has 0 spiro atoms. The van der Waals surface area contributed by atoms with Gasteiger partial charge in [0.25, 0.3) is 0 Å². The van der Waals surface area contributed by atoms with Crippen molar-refractivity contribution < 1.29 is 57.0 Å². The lowest BCUT2D eigenvalue weighted by Gasteiger charge is -2.36. The Balaban J connectivity index is 2.40.